The molecule has 0 unspecified atom stereocenters. The van der Waals surface area contributed by atoms with Crippen molar-refractivity contribution < 1.29 is 39.5 Å². The van der Waals surface area contributed by atoms with Gasteiger partial charge >= 0.3 is 12.2 Å². The van der Waals surface area contributed by atoms with Gasteiger partial charge in [-0.05, 0) is 79.6 Å². The number of carbonyl (C=O) groups excluding carboxylic acids is 2. The van der Waals surface area contributed by atoms with E-state index in [0.717, 1.165) is 64.7 Å². The fraction of sp³-hybridized carbons (Fsp3) is 0.714. The highest BCUT2D eigenvalue weighted by molar-refractivity contribution is 5.86. The van der Waals surface area contributed by atoms with E-state index in [4.69, 9.17) is 39.4 Å². The van der Waals surface area contributed by atoms with E-state index in [1.165, 1.54) is 14.2 Å². The molecule has 360 valence electrons. The maximum absolute atomic E-state index is 12.1. The molecule has 10 atom stereocenters. The topological polar surface area (TPSA) is 282 Å². The first-order valence-corrected chi connectivity index (χ1v) is 23.0. The highest BCUT2D eigenvalue weighted by atomic mass is 16.5. The third-order valence-corrected chi connectivity index (χ3v) is 14.6. The molecule has 4 aromatic heterocycles. The van der Waals surface area contributed by atoms with Gasteiger partial charge in [0.05, 0.1) is 51.0 Å². The molecule has 0 radical (unpaired) electrons. The number of aromatic nitrogens is 8. The molecule has 9 rings (SSSR count). The summed E-state index contributed by atoms with van der Waals surface area (Å²) in [6, 6.07) is -1.92. The number of anilines is 4. The number of amides is 2. The number of methoxy groups -OCH3 is 2. The number of aliphatic hydroxyl groups excluding tert-OH is 4. The molecule has 66 heavy (non-hydrogen) atoms. The number of aliphatic hydroxyl groups is 4. The van der Waals surface area contributed by atoms with E-state index in [1.54, 1.807) is 21.8 Å². The van der Waals surface area contributed by atoms with E-state index in [-0.39, 0.29) is 24.9 Å². The average Bonchev–Trinajstić information content (AvgIpc) is 4.18. The first kappa shape index (κ1) is 45.7. The lowest BCUT2D eigenvalue weighted by Crippen LogP contribution is -2.43. The fourth-order valence-corrected chi connectivity index (χ4v) is 10.5. The summed E-state index contributed by atoms with van der Waals surface area (Å²) in [6.45, 7) is 3.04. The number of rotatable bonds is 12. The lowest BCUT2D eigenvalue weighted by molar-refractivity contribution is 0.0142. The second kappa shape index (κ2) is 18.7. The molecule has 3 aliphatic carbocycles. The summed E-state index contributed by atoms with van der Waals surface area (Å²) in [7, 11) is 10.8. The van der Waals surface area contributed by atoms with Crippen molar-refractivity contribution >= 4 is 58.0 Å². The second-order valence-corrected chi connectivity index (χ2v) is 19.0. The Bertz CT molecular complexity index is 2210. The monoisotopic (exact) mass is 921 g/mol. The summed E-state index contributed by atoms with van der Waals surface area (Å²) in [5, 5.41) is 57.0. The predicted octanol–water partition coefficient (Wildman–Crippen LogP) is -0.136. The number of ether oxygens (including phenoxy) is 2. The molecule has 0 aromatic carbocycles. The van der Waals surface area contributed by atoms with E-state index in [0.29, 0.717) is 57.9 Å². The van der Waals surface area contributed by atoms with Crippen molar-refractivity contribution in [2.75, 3.05) is 89.0 Å². The molecule has 3 saturated carbocycles. The molecule has 24 nitrogen and oxygen atoms in total. The molecular weight excluding hydrogens is 857 g/mol. The van der Waals surface area contributed by atoms with Crippen LogP contribution >= 0.6 is 0 Å². The van der Waals surface area contributed by atoms with E-state index in [1.807, 2.05) is 0 Å². The Morgan fingerprint density at radius 1 is 0.606 bits per heavy atom. The van der Waals surface area contributed by atoms with Crippen LogP contribution in [-0.2, 0) is 9.47 Å². The Balaban J connectivity index is 0.953. The molecule has 24 heteroatoms. The van der Waals surface area contributed by atoms with Gasteiger partial charge in [-0.1, -0.05) is 0 Å². The van der Waals surface area contributed by atoms with Crippen molar-refractivity contribution in [2.45, 2.75) is 124 Å². The van der Waals surface area contributed by atoms with Gasteiger partial charge in [0.1, 0.15) is 24.4 Å². The zero-order valence-corrected chi connectivity index (χ0v) is 38.4. The van der Waals surface area contributed by atoms with Gasteiger partial charge < -0.3 is 79.9 Å². The largest absolute Gasteiger partial charge is 0.453 e. The third-order valence-electron chi connectivity index (χ3n) is 14.6. The quantitative estimate of drug-likeness (QED) is 0.0918. The van der Waals surface area contributed by atoms with Crippen molar-refractivity contribution in [3.8, 4) is 0 Å². The minimum Gasteiger partial charge on any atom is -0.453 e. The van der Waals surface area contributed by atoms with E-state index >= 15 is 0 Å². The summed E-state index contributed by atoms with van der Waals surface area (Å²) < 4.78 is 13.1. The molecule has 2 saturated heterocycles. The number of carbonyl (C=O) groups is 2. The standard InChI is InChI=1S/C42H64N16O8/c1-53(2)23-11-13-55(17-23)39-49-35(29-37(51-39)57(19-43-29)27-15-25(31(59)33(27)61)47-41(63)65-5)45-21-7-9-22(10-8-21)46-36-30-38(52-40(50-36)56-14-12-24(18-56)54(3)4)58(20-44-30)28-16-26(32(60)34(28)62)48-42(64)66-6/h19-28,31-34,59-62H,7-18H2,1-6H3,(H,47,63)(H,48,64)(H,45,49,51)(H,46,50,52)/t21-,22-,23-,24-,25+,26+,27-,28-,31-,32-,33+,34+/m1/s1. The van der Waals surface area contributed by atoms with Crippen LogP contribution < -0.4 is 31.1 Å². The normalized spacial score (nSPS) is 31.4. The molecular formula is C42H64N16O8. The Kier molecular flexibility index (Phi) is 13.0. The SMILES string of the molecule is COC(=O)N[C@H]1C[C@@H](n2cnc3c(N[C@H]4CC[C@H](Nc5nc(N6CC[C@@H](N(C)C)C6)nc6c5ncn6[C@@H]5C[C@H](NC(=O)OC)[C@@H](O)[C@H]5O)CC4)nc(N4CC[C@@H](N(C)C)C4)nc32)[C@H](O)[C@@H]1O. The van der Waals surface area contributed by atoms with Gasteiger partial charge in [-0.3, -0.25) is 0 Å². The lowest BCUT2D eigenvalue weighted by atomic mass is 9.91. The molecule has 5 fully saturated rings. The first-order valence-electron chi connectivity index (χ1n) is 23.0. The van der Waals surface area contributed by atoms with E-state index < -0.39 is 60.8 Å². The lowest BCUT2D eigenvalue weighted by Gasteiger charge is -2.31. The summed E-state index contributed by atoms with van der Waals surface area (Å²) >= 11 is 0. The summed E-state index contributed by atoms with van der Waals surface area (Å²) in [4.78, 5) is 62.6. The Morgan fingerprint density at radius 3 is 1.35 bits per heavy atom. The van der Waals surface area contributed by atoms with Gasteiger partial charge in [0.2, 0.25) is 11.9 Å². The average molecular weight is 921 g/mol. The minimum absolute atomic E-state index is 0.0503. The smallest absolute Gasteiger partial charge is 0.407 e. The van der Waals surface area contributed by atoms with E-state index in [9.17, 15) is 30.0 Å². The van der Waals surface area contributed by atoms with Crippen molar-refractivity contribution in [1.29, 1.82) is 0 Å². The van der Waals surface area contributed by atoms with Gasteiger partial charge in [0, 0.05) is 50.3 Å². The van der Waals surface area contributed by atoms with Crippen LogP contribution in [0.15, 0.2) is 12.7 Å². The Labute approximate surface area is 382 Å². The third kappa shape index (κ3) is 8.80. The molecule has 0 spiro atoms. The van der Waals surface area contributed by atoms with Crippen LogP contribution in [0.1, 0.15) is 63.5 Å². The van der Waals surface area contributed by atoms with Gasteiger partial charge in [-0.2, -0.15) is 19.9 Å². The number of hydrogen-bond donors (Lipinski definition) is 8. The predicted molar refractivity (Wildman–Crippen MR) is 243 cm³/mol. The van der Waals surface area contributed by atoms with Gasteiger partial charge in [-0.25, -0.2) is 19.6 Å². The van der Waals surface area contributed by atoms with Crippen molar-refractivity contribution in [3.63, 3.8) is 0 Å². The van der Waals surface area contributed by atoms with Crippen molar-refractivity contribution in [2.24, 2.45) is 0 Å². The van der Waals surface area contributed by atoms with Gasteiger partial charge in [-0.15, -0.1) is 0 Å². The number of hydrogen-bond acceptors (Lipinski definition) is 20. The highest BCUT2D eigenvalue weighted by Gasteiger charge is 2.46. The molecule has 8 N–H and O–H groups in total. The number of alkyl carbamates (subject to hydrolysis) is 2. The second-order valence-electron chi connectivity index (χ2n) is 19.0. The molecule has 6 heterocycles. The zero-order chi connectivity index (χ0) is 46.6. The van der Waals surface area contributed by atoms with Crippen molar-refractivity contribution in [3.05, 3.63) is 12.7 Å². The summed E-state index contributed by atoms with van der Waals surface area (Å²) in [5.41, 5.74) is 2.14. The number of likely N-dealkylation sites (N-methyl/N-ethyl adjacent to an activating group) is 2. The maximum atomic E-state index is 12.1. The van der Waals surface area contributed by atoms with Crippen LogP contribution in [0.5, 0.6) is 0 Å². The number of nitrogens with zero attached hydrogens (tertiary/aromatic N) is 12. The van der Waals surface area contributed by atoms with Crippen LogP contribution in [0.2, 0.25) is 0 Å². The number of fused-ring (bicyclic) bond motifs is 2. The van der Waals surface area contributed by atoms with Crippen LogP contribution in [0.4, 0.5) is 33.1 Å². The minimum atomic E-state index is -1.22. The summed E-state index contributed by atoms with van der Waals surface area (Å²) in [6.07, 6.45) is 2.63. The number of imidazole rings is 2. The van der Waals surface area contributed by atoms with Crippen LogP contribution in [-0.4, -0.2) is 211 Å². The number of nitrogens with one attached hydrogen (secondary N) is 4. The van der Waals surface area contributed by atoms with Gasteiger partial charge in [0.15, 0.2) is 34.0 Å². The van der Waals surface area contributed by atoms with E-state index in [2.05, 4.69) is 69.1 Å². The van der Waals surface area contributed by atoms with Crippen molar-refractivity contribution in [1.82, 2.24) is 59.5 Å². The molecule has 5 aliphatic rings. The maximum Gasteiger partial charge on any atom is 0.407 e. The molecule has 2 aliphatic heterocycles. The fourth-order valence-electron chi connectivity index (χ4n) is 10.5. The van der Waals surface area contributed by atoms with Crippen LogP contribution in [0.25, 0.3) is 22.3 Å². The first-order chi connectivity index (χ1) is 31.7. The molecule has 0 bridgehead atoms. The van der Waals surface area contributed by atoms with Crippen LogP contribution in [0, 0.1) is 0 Å². The summed E-state index contributed by atoms with van der Waals surface area (Å²) in [5.74, 6) is 2.29. The van der Waals surface area contributed by atoms with Gasteiger partial charge in [0.25, 0.3) is 0 Å². The van der Waals surface area contributed by atoms with Crippen LogP contribution in [0.3, 0.4) is 0 Å². The zero-order valence-electron chi connectivity index (χ0n) is 38.4. The Morgan fingerprint density at radius 2 is 1.00 bits per heavy atom. The highest BCUT2D eigenvalue weighted by Crippen LogP contribution is 2.38. The molecule has 2 amide bonds. The Hall–Kier alpha value is -5.40. The molecule has 4 aromatic rings.